The summed E-state index contributed by atoms with van der Waals surface area (Å²) in [7, 11) is 0. The lowest BCUT2D eigenvalue weighted by Gasteiger charge is -1.92. The van der Waals surface area contributed by atoms with E-state index in [1.165, 1.54) is 0 Å². The predicted octanol–water partition coefficient (Wildman–Crippen LogP) is 1.88. The lowest BCUT2D eigenvalue weighted by Crippen LogP contribution is -1.73. The van der Waals surface area contributed by atoms with Gasteiger partial charge in [0.25, 0.3) is 0 Å². The van der Waals surface area contributed by atoms with Crippen molar-refractivity contribution < 1.29 is 0 Å². The molecule has 1 N–H and O–H groups in total. The SMILES string of the molecule is [c]1nc[nH]c1-c1ccccc1. The summed E-state index contributed by atoms with van der Waals surface area (Å²) in [6.45, 7) is 0. The van der Waals surface area contributed by atoms with Crippen molar-refractivity contribution in [1.29, 1.82) is 0 Å². The molecule has 53 valence electrons. The second kappa shape index (κ2) is 2.58. The number of nitrogens with one attached hydrogen (secondary N) is 1. The third kappa shape index (κ3) is 1.15. The fourth-order valence-corrected chi connectivity index (χ4v) is 0.979. The van der Waals surface area contributed by atoms with Gasteiger partial charge in [-0.05, 0) is 0 Å². The van der Waals surface area contributed by atoms with Crippen LogP contribution in [0.5, 0.6) is 0 Å². The van der Waals surface area contributed by atoms with Crippen LogP contribution in [0.3, 0.4) is 0 Å². The Morgan fingerprint density at radius 1 is 1.18 bits per heavy atom. The maximum atomic E-state index is 3.82. The lowest BCUT2D eigenvalue weighted by molar-refractivity contribution is 1.31. The number of H-pyrrole nitrogens is 1. The zero-order chi connectivity index (χ0) is 7.52. The molecule has 0 saturated heterocycles. The monoisotopic (exact) mass is 143 g/mol. The van der Waals surface area contributed by atoms with Crippen LogP contribution in [0, 0.1) is 6.20 Å². The molecule has 0 fully saturated rings. The zero-order valence-corrected chi connectivity index (χ0v) is 5.91. The van der Waals surface area contributed by atoms with Gasteiger partial charge in [0, 0.05) is 5.56 Å². The summed E-state index contributed by atoms with van der Waals surface area (Å²) >= 11 is 0. The van der Waals surface area contributed by atoms with Crippen molar-refractivity contribution in [2.75, 3.05) is 0 Å². The molecule has 0 bridgehead atoms. The molecule has 0 saturated carbocycles. The van der Waals surface area contributed by atoms with Crippen molar-refractivity contribution in [3.63, 3.8) is 0 Å². The molecule has 1 radical (unpaired) electrons. The molecule has 2 aromatic rings. The molecule has 0 aliphatic rings. The van der Waals surface area contributed by atoms with Crippen molar-refractivity contribution >= 4 is 0 Å². The highest BCUT2D eigenvalue weighted by molar-refractivity contribution is 5.56. The van der Waals surface area contributed by atoms with Gasteiger partial charge in [0.1, 0.15) is 6.20 Å². The standard InChI is InChI=1S/C9H7N2/c1-2-4-8(5-3-1)9-6-10-7-11-9/h1-5,7H,(H,10,11). The molecule has 1 aromatic heterocycles. The fraction of sp³-hybridized carbons (Fsp3) is 0. The van der Waals surface area contributed by atoms with Crippen molar-refractivity contribution in [3.8, 4) is 11.3 Å². The molecule has 0 unspecified atom stereocenters. The van der Waals surface area contributed by atoms with E-state index in [4.69, 9.17) is 0 Å². The average Bonchev–Trinajstić information content (AvgIpc) is 2.58. The van der Waals surface area contributed by atoms with Gasteiger partial charge in [0.2, 0.25) is 0 Å². The Bertz CT molecular complexity index is 311. The van der Waals surface area contributed by atoms with Crippen molar-refractivity contribution in [3.05, 3.63) is 42.9 Å². The van der Waals surface area contributed by atoms with Crippen LogP contribution in [0.25, 0.3) is 11.3 Å². The number of hydrogen-bond acceptors (Lipinski definition) is 1. The fourth-order valence-electron chi connectivity index (χ4n) is 0.979. The van der Waals surface area contributed by atoms with Crippen LogP contribution in [0.15, 0.2) is 36.7 Å². The van der Waals surface area contributed by atoms with E-state index in [2.05, 4.69) is 16.2 Å². The first-order valence-electron chi connectivity index (χ1n) is 3.43. The molecule has 2 nitrogen and oxygen atoms in total. The number of rotatable bonds is 1. The molecule has 2 rings (SSSR count). The maximum Gasteiger partial charge on any atom is 0.117 e. The average molecular weight is 143 g/mol. The minimum absolute atomic E-state index is 0.936. The van der Waals surface area contributed by atoms with E-state index >= 15 is 0 Å². The summed E-state index contributed by atoms with van der Waals surface area (Å²) < 4.78 is 0. The van der Waals surface area contributed by atoms with Crippen molar-refractivity contribution in [2.45, 2.75) is 0 Å². The number of aromatic amines is 1. The van der Waals surface area contributed by atoms with E-state index in [1.807, 2.05) is 30.3 Å². The summed E-state index contributed by atoms with van der Waals surface area (Å²) in [5.41, 5.74) is 2.05. The van der Waals surface area contributed by atoms with Gasteiger partial charge in [0.05, 0.1) is 12.0 Å². The number of aromatic nitrogens is 2. The van der Waals surface area contributed by atoms with E-state index < -0.39 is 0 Å². The van der Waals surface area contributed by atoms with E-state index in [9.17, 15) is 0 Å². The van der Waals surface area contributed by atoms with E-state index in [-0.39, 0.29) is 0 Å². The van der Waals surface area contributed by atoms with Gasteiger partial charge in [-0.15, -0.1) is 0 Å². The third-order valence-corrected chi connectivity index (χ3v) is 1.51. The summed E-state index contributed by atoms with van der Waals surface area (Å²) in [6, 6.07) is 10.0. The summed E-state index contributed by atoms with van der Waals surface area (Å²) in [4.78, 5) is 6.80. The van der Waals surface area contributed by atoms with Crippen LogP contribution in [-0.4, -0.2) is 9.97 Å². The Labute approximate surface area is 64.9 Å². The van der Waals surface area contributed by atoms with Crippen LogP contribution >= 0.6 is 0 Å². The van der Waals surface area contributed by atoms with E-state index in [0.29, 0.717) is 0 Å². The van der Waals surface area contributed by atoms with Gasteiger partial charge >= 0.3 is 0 Å². The first-order chi connectivity index (χ1) is 5.47. The highest BCUT2D eigenvalue weighted by Gasteiger charge is 1.95. The molecule has 0 atom stereocenters. The van der Waals surface area contributed by atoms with E-state index in [0.717, 1.165) is 11.3 Å². The summed E-state index contributed by atoms with van der Waals surface area (Å²) in [5, 5.41) is 0. The number of imidazole rings is 1. The second-order valence-corrected chi connectivity index (χ2v) is 2.26. The molecule has 1 aromatic carbocycles. The largest absolute Gasteiger partial charge is 0.344 e. The minimum atomic E-state index is 0.936. The van der Waals surface area contributed by atoms with Gasteiger partial charge in [-0.2, -0.15) is 0 Å². The first-order valence-corrected chi connectivity index (χ1v) is 3.43. The Morgan fingerprint density at radius 3 is 2.64 bits per heavy atom. The van der Waals surface area contributed by atoms with Gasteiger partial charge in [-0.3, -0.25) is 0 Å². The van der Waals surface area contributed by atoms with Gasteiger partial charge in [-0.1, -0.05) is 30.3 Å². The Balaban J connectivity index is 2.46. The molecule has 0 aliphatic heterocycles. The lowest BCUT2D eigenvalue weighted by atomic mass is 10.2. The third-order valence-electron chi connectivity index (χ3n) is 1.51. The molecule has 0 spiro atoms. The predicted molar refractivity (Wildman–Crippen MR) is 42.9 cm³/mol. The number of benzene rings is 1. The van der Waals surface area contributed by atoms with Crippen LogP contribution in [0.1, 0.15) is 0 Å². The topological polar surface area (TPSA) is 28.7 Å². The summed E-state index contributed by atoms with van der Waals surface area (Å²) in [5.74, 6) is 0. The zero-order valence-electron chi connectivity index (χ0n) is 5.91. The number of hydrogen-bond donors (Lipinski definition) is 1. The minimum Gasteiger partial charge on any atom is -0.344 e. The van der Waals surface area contributed by atoms with E-state index in [1.54, 1.807) is 6.33 Å². The molecular weight excluding hydrogens is 136 g/mol. The maximum absolute atomic E-state index is 3.82. The van der Waals surface area contributed by atoms with Gasteiger partial charge in [0.15, 0.2) is 0 Å². The highest BCUT2D eigenvalue weighted by Crippen LogP contribution is 2.13. The quantitative estimate of drug-likeness (QED) is 0.648. The molecule has 0 amide bonds. The summed E-state index contributed by atoms with van der Waals surface area (Å²) in [6.07, 6.45) is 4.48. The van der Waals surface area contributed by atoms with Gasteiger partial charge in [-0.25, -0.2) is 4.98 Å². The van der Waals surface area contributed by atoms with Crippen LogP contribution < -0.4 is 0 Å². The van der Waals surface area contributed by atoms with Crippen molar-refractivity contribution in [1.82, 2.24) is 9.97 Å². The Kier molecular flexibility index (Phi) is 1.44. The molecule has 0 aliphatic carbocycles. The first kappa shape index (κ1) is 6.16. The highest BCUT2D eigenvalue weighted by atomic mass is 14.9. The Morgan fingerprint density at radius 2 is 2.00 bits per heavy atom. The second-order valence-electron chi connectivity index (χ2n) is 2.26. The molecule has 11 heavy (non-hydrogen) atoms. The molecule has 2 heteroatoms. The van der Waals surface area contributed by atoms with Crippen molar-refractivity contribution in [2.24, 2.45) is 0 Å². The smallest absolute Gasteiger partial charge is 0.117 e. The van der Waals surface area contributed by atoms with Crippen LogP contribution in [0.4, 0.5) is 0 Å². The molecular formula is C9H7N2. The van der Waals surface area contributed by atoms with Crippen LogP contribution in [-0.2, 0) is 0 Å². The normalized spacial score (nSPS) is 9.82. The molecule has 1 heterocycles. The van der Waals surface area contributed by atoms with Crippen LogP contribution in [0.2, 0.25) is 0 Å². The Hall–Kier alpha value is -1.57. The number of nitrogens with zero attached hydrogens (tertiary/aromatic N) is 1. The van der Waals surface area contributed by atoms with Gasteiger partial charge < -0.3 is 4.98 Å².